The molecule has 126 valence electrons. The van der Waals surface area contributed by atoms with Crippen LogP contribution in [0.5, 0.6) is 5.75 Å². The van der Waals surface area contributed by atoms with Crippen LogP contribution in [0.2, 0.25) is 0 Å². The summed E-state index contributed by atoms with van der Waals surface area (Å²) in [6.45, 7) is 0.505. The Hall–Kier alpha value is -3.46. The molecule has 4 aromatic rings. The molecule has 3 heteroatoms. The van der Waals surface area contributed by atoms with Crippen molar-refractivity contribution in [1.82, 2.24) is 9.97 Å². The van der Waals surface area contributed by atoms with Gasteiger partial charge in [0, 0.05) is 47.0 Å². The van der Waals surface area contributed by atoms with Crippen molar-refractivity contribution in [2.45, 2.75) is 6.61 Å². The number of aromatic nitrogens is 2. The first-order valence-electron chi connectivity index (χ1n) is 8.52. The molecule has 0 saturated carbocycles. The summed E-state index contributed by atoms with van der Waals surface area (Å²) in [5, 5.41) is 0. The summed E-state index contributed by atoms with van der Waals surface area (Å²) in [7, 11) is 0. The topological polar surface area (TPSA) is 35.0 Å². The van der Waals surface area contributed by atoms with E-state index in [1.54, 1.807) is 12.4 Å². The van der Waals surface area contributed by atoms with Gasteiger partial charge < -0.3 is 4.74 Å². The van der Waals surface area contributed by atoms with Crippen LogP contribution in [-0.2, 0) is 6.61 Å². The fourth-order valence-corrected chi connectivity index (χ4v) is 2.92. The number of hydrogen-bond acceptors (Lipinski definition) is 3. The molecule has 0 saturated heterocycles. The van der Waals surface area contributed by atoms with Crippen molar-refractivity contribution in [3.63, 3.8) is 0 Å². The minimum absolute atomic E-state index is 0.505. The van der Waals surface area contributed by atoms with Crippen LogP contribution in [0.15, 0.2) is 97.6 Å². The second-order valence-electron chi connectivity index (χ2n) is 5.94. The molecule has 0 spiro atoms. The van der Waals surface area contributed by atoms with Gasteiger partial charge in [0.2, 0.25) is 0 Å². The molecule has 0 aliphatic carbocycles. The van der Waals surface area contributed by atoms with Crippen LogP contribution in [0.1, 0.15) is 5.56 Å². The van der Waals surface area contributed by atoms with Gasteiger partial charge in [-0.1, -0.05) is 60.7 Å². The Morgan fingerprint density at radius 3 is 1.77 bits per heavy atom. The first-order valence-corrected chi connectivity index (χ1v) is 8.52. The molecule has 0 bridgehead atoms. The third-order valence-electron chi connectivity index (χ3n) is 4.19. The van der Waals surface area contributed by atoms with E-state index in [2.05, 4.69) is 34.2 Å². The number of nitrogens with zero attached hydrogens (tertiary/aromatic N) is 2. The van der Waals surface area contributed by atoms with Crippen LogP contribution >= 0.6 is 0 Å². The third-order valence-corrected chi connectivity index (χ3v) is 4.19. The maximum Gasteiger partial charge on any atom is 0.135 e. The standard InChI is InChI=1S/C23H18N2O/c1-2-7-18(8-3-1)17-26-23-21(19-9-5-13-24-15-19)11-4-12-22(23)20-10-6-14-25-16-20/h1-16H,17H2. The molecular weight excluding hydrogens is 320 g/mol. The highest BCUT2D eigenvalue weighted by atomic mass is 16.5. The number of benzene rings is 2. The Balaban J connectivity index is 1.79. The average Bonchev–Trinajstić information content (AvgIpc) is 2.74. The zero-order valence-electron chi connectivity index (χ0n) is 14.2. The van der Waals surface area contributed by atoms with E-state index in [0.717, 1.165) is 33.6 Å². The van der Waals surface area contributed by atoms with Gasteiger partial charge in [-0.2, -0.15) is 0 Å². The Kier molecular flexibility index (Phi) is 4.70. The molecule has 0 aliphatic rings. The summed E-state index contributed by atoms with van der Waals surface area (Å²) in [4.78, 5) is 8.51. The highest BCUT2D eigenvalue weighted by Gasteiger charge is 2.14. The zero-order valence-corrected chi connectivity index (χ0v) is 14.2. The van der Waals surface area contributed by atoms with E-state index in [0.29, 0.717) is 6.61 Å². The summed E-state index contributed by atoms with van der Waals surface area (Å²) in [6.07, 6.45) is 7.27. The maximum atomic E-state index is 6.31. The monoisotopic (exact) mass is 338 g/mol. The van der Waals surface area contributed by atoms with Crippen molar-refractivity contribution in [3.05, 3.63) is 103 Å². The van der Waals surface area contributed by atoms with Gasteiger partial charge in [0.05, 0.1) is 0 Å². The van der Waals surface area contributed by atoms with Gasteiger partial charge in [-0.3, -0.25) is 9.97 Å². The van der Waals surface area contributed by atoms with Crippen molar-refractivity contribution < 1.29 is 4.74 Å². The summed E-state index contributed by atoms with van der Waals surface area (Å²) in [6, 6.07) is 24.3. The van der Waals surface area contributed by atoms with Gasteiger partial charge in [0.25, 0.3) is 0 Å². The van der Waals surface area contributed by atoms with Gasteiger partial charge in [-0.15, -0.1) is 0 Å². The molecule has 0 unspecified atom stereocenters. The highest BCUT2D eigenvalue weighted by molar-refractivity contribution is 5.81. The van der Waals surface area contributed by atoms with Gasteiger partial charge in [0.1, 0.15) is 12.4 Å². The summed E-state index contributed by atoms with van der Waals surface area (Å²) in [5.74, 6) is 0.845. The molecule has 0 fully saturated rings. The Morgan fingerprint density at radius 2 is 1.23 bits per heavy atom. The molecule has 3 nitrogen and oxygen atoms in total. The van der Waals surface area contributed by atoms with Crippen LogP contribution in [0.4, 0.5) is 0 Å². The normalized spacial score (nSPS) is 10.5. The lowest BCUT2D eigenvalue weighted by molar-refractivity contribution is 0.309. The van der Waals surface area contributed by atoms with Crippen molar-refractivity contribution >= 4 is 0 Å². The van der Waals surface area contributed by atoms with Crippen LogP contribution in [0.3, 0.4) is 0 Å². The van der Waals surface area contributed by atoms with E-state index in [1.807, 2.05) is 60.9 Å². The number of para-hydroxylation sites is 1. The Morgan fingerprint density at radius 1 is 0.615 bits per heavy atom. The lowest BCUT2D eigenvalue weighted by Gasteiger charge is -2.16. The number of pyridine rings is 2. The Labute approximate surface area is 153 Å². The zero-order chi connectivity index (χ0) is 17.6. The predicted molar refractivity (Wildman–Crippen MR) is 104 cm³/mol. The molecule has 26 heavy (non-hydrogen) atoms. The molecule has 4 rings (SSSR count). The molecule has 2 aromatic heterocycles. The van der Waals surface area contributed by atoms with E-state index in [4.69, 9.17) is 4.74 Å². The lowest BCUT2D eigenvalue weighted by atomic mass is 9.99. The summed E-state index contributed by atoms with van der Waals surface area (Å²) < 4.78 is 6.31. The fourth-order valence-electron chi connectivity index (χ4n) is 2.92. The van der Waals surface area contributed by atoms with Gasteiger partial charge in [-0.25, -0.2) is 0 Å². The highest BCUT2D eigenvalue weighted by Crippen LogP contribution is 2.39. The van der Waals surface area contributed by atoms with Crippen LogP contribution in [-0.4, -0.2) is 9.97 Å². The molecule has 2 heterocycles. The average molecular weight is 338 g/mol. The summed E-state index contributed by atoms with van der Waals surface area (Å²) in [5.41, 5.74) is 5.24. The van der Waals surface area contributed by atoms with Crippen LogP contribution < -0.4 is 4.74 Å². The van der Waals surface area contributed by atoms with Gasteiger partial charge in [0.15, 0.2) is 0 Å². The molecule has 0 aliphatic heterocycles. The largest absolute Gasteiger partial charge is 0.488 e. The van der Waals surface area contributed by atoms with Crippen LogP contribution in [0.25, 0.3) is 22.3 Å². The van der Waals surface area contributed by atoms with Gasteiger partial charge >= 0.3 is 0 Å². The number of rotatable bonds is 5. The molecule has 0 atom stereocenters. The maximum absolute atomic E-state index is 6.31. The number of hydrogen-bond donors (Lipinski definition) is 0. The van der Waals surface area contributed by atoms with Crippen molar-refractivity contribution in [2.24, 2.45) is 0 Å². The van der Waals surface area contributed by atoms with Crippen molar-refractivity contribution in [3.8, 4) is 28.0 Å². The molecule has 2 aromatic carbocycles. The van der Waals surface area contributed by atoms with Crippen molar-refractivity contribution in [1.29, 1.82) is 0 Å². The van der Waals surface area contributed by atoms with Crippen molar-refractivity contribution in [2.75, 3.05) is 0 Å². The predicted octanol–water partition coefficient (Wildman–Crippen LogP) is 5.39. The quantitative estimate of drug-likeness (QED) is 0.489. The second kappa shape index (κ2) is 7.62. The minimum Gasteiger partial charge on any atom is -0.488 e. The molecule has 0 amide bonds. The minimum atomic E-state index is 0.505. The SMILES string of the molecule is c1ccc(COc2c(-c3cccnc3)cccc2-c2cccnc2)cc1. The lowest BCUT2D eigenvalue weighted by Crippen LogP contribution is -1.99. The van der Waals surface area contributed by atoms with Gasteiger partial charge in [-0.05, 0) is 17.7 Å². The van der Waals surface area contributed by atoms with Crippen LogP contribution in [0, 0.1) is 0 Å². The first kappa shape index (κ1) is 16.0. The molecule has 0 radical (unpaired) electrons. The number of ether oxygens (including phenoxy) is 1. The van der Waals surface area contributed by atoms with E-state index < -0.39 is 0 Å². The van der Waals surface area contributed by atoms with E-state index in [9.17, 15) is 0 Å². The Bertz CT molecular complexity index is 913. The third kappa shape index (κ3) is 3.47. The molecular formula is C23H18N2O. The van der Waals surface area contributed by atoms with E-state index >= 15 is 0 Å². The smallest absolute Gasteiger partial charge is 0.135 e. The first-order chi connectivity index (χ1) is 12.9. The second-order valence-corrected chi connectivity index (χ2v) is 5.94. The molecule has 0 N–H and O–H groups in total. The fraction of sp³-hybridized carbons (Fsp3) is 0.0435. The van der Waals surface area contributed by atoms with E-state index in [1.165, 1.54) is 0 Å². The van der Waals surface area contributed by atoms with E-state index in [-0.39, 0.29) is 0 Å². The summed E-state index contributed by atoms with van der Waals surface area (Å²) >= 11 is 0.